The average molecular weight is 459 g/mol. The third kappa shape index (κ3) is 3.84. The number of nitrogens with one attached hydrogen (secondary N) is 1. The minimum atomic E-state index is -4.58. The molecular weight excluding hydrogens is 441 g/mol. The summed E-state index contributed by atoms with van der Waals surface area (Å²) in [5.74, 6) is -0.197. The van der Waals surface area contributed by atoms with Crippen LogP contribution in [0.1, 0.15) is 40.9 Å². The fourth-order valence-electron chi connectivity index (χ4n) is 4.27. The molecule has 0 fully saturated rings. The molecule has 1 aliphatic heterocycles. The van der Waals surface area contributed by atoms with Gasteiger partial charge in [-0.25, -0.2) is 0 Å². The van der Waals surface area contributed by atoms with Gasteiger partial charge in [0.1, 0.15) is 0 Å². The largest absolute Gasteiger partial charge is 0.435 e. The fraction of sp³-hybridized carbons (Fsp3) is 0.261. The van der Waals surface area contributed by atoms with Crippen LogP contribution in [0.3, 0.4) is 0 Å². The lowest BCUT2D eigenvalue weighted by atomic mass is 9.87. The molecule has 4 rings (SSSR count). The van der Waals surface area contributed by atoms with Crippen LogP contribution in [0.5, 0.6) is 0 Å². The third-order valence-electron chi connectivity index (χ3n) is 5.82. The summed E-state index contributed by atoms with van der Waals surface area (Å²) in [5.41, 5.74) is 1.87. The summed E-state index contributed by atoms with van der Waals surface area (Å²) in [6, 6.07) is 11.8. The number of hydrogen-bond acceptors (Lipinski definition) is 3. The number of aromatic amines is 1. The quantitative estimate of drug-likeness (QED) is 0.578. The SMILES string of the molecule is C[C@H]1c2cccc(-c3c[nH]nc3C(F)(F)F)c2CCN1C(=O)Cc1c(Cl)cccc1C#N. The van der Waals surface area contributed by atoms with E-state index in [4.69, 9.17) is 11.6 Å². The van der Waals surface area contributed by atoms with Crippen molar-refractivity contribution in [2.75, 3.05) is 6.54 Å². The van der Waals surface area contributed by atoms with E-state index in [2.05, 4.69) is 16.3 Å². The van der Waals surface area contributed by atoms with Crippen LogP contribution in [0.4, 0.5) is 13.2 Å². The lowest BCUT2D eigenvalue weighted by molar-refractivity contribution is -0.140. The minimum Gasteiger partial charge on any atom is -0.335 e. The predicted octanol–water partition coefficient (Wildman–Crippen LogP) is 5.31. The van der Waals surface area contributed by atoms with Crippen LogP contribution in [-0.4, -0.2) is 27.5 Å². The highest BCUT2D eigenvalue weighted by Gasteiger charge is 2.38. The first kappa shape index (κ1) is 21.9. The topological polar surface area (TPSA) is 72.8 Å². The van der Waals surface area contributed by atoms with Gasteiger partial charge in [-0.2, -0.15) is 23.5 Å². The van der Waals surface area contributed by atoms with Crippen LogP contribution in [-0.2, 0) is 23.8 Å². The number of aromatic nitrogens is 2. The van der Waals surface area contributed by atoms with E-state index < -0.39 is 11.9 Å². The van der Waals surface area contributed by atoms with Crippen molar-refractivity contribution in [3.63, 3.8) is 0 Å². The summed E-state index contributed by atoms with van der Waals surface area (Å²) in [5, 5.41) is 15.4. The Morgan fingerprint density at radius 3 is 2.75 bits per heavy atom. The summed E-state index contributed by atoms with van der Waals surface area (Å²) in [4.78, 5) is 14.8. The Kier molecular flexibility index (Phi) is 5.70. The van der Waals surface area contributed by atoms with Gasteiger partial charge in [0.2, 0.25) is 5.91 Å². The molecular formula is C23H18ClF3N4O. The van der Waals surface area contributed by atoms with Crippen molar-refractivity contribution in [1.29, 1.82) is 5.26 Å². The van der Waals surface area contributed by atoms with Gasteiger partial charge in [-0.1, -0.05) is 35.9 Å². The maximum Gasteiger partial charge on any atom is 0.435 e. The molecule has 0 bridgehead atoms. The first-order valence-corrected chi connectivity index (χ1v) is 10.3. The van der Waals surface area contributed by atoms with E-state index in [1.54, 1.807) is 35.2 Å². The van der Waals surface area contributed by atoms with Gasteiger partial charge in [-0.05, 0) is 47.7 Å². The van der Waals surface area contributed by atoms with Crippen molar-refractivity contribution in [3.05, 3.63) is 75.6 Å². The summed E-state index contributed by atoms with van der Waals surface area (Å²) < 4.78 is 40.1. The Balaban J connectivity index is 1.66. The second kappa shape index (κ2) is 8.32. The van der Waals surface area contributed by atoms with Crippen molar-refractivity contribution < 1.29 is 18.0 Å². The number of nitriles is 1. The lowest BCUT2D eigenvalue weighted by Gasteiger charge is -2.36. The number of hydrogen-bond donors (Lipinski definition) is 1. The van der Waals surface area contributed by atoms with E-state index in [1.807, 2.05) is 13.0 Å². The Bertz CT molecular complexity index is 1230. The molecule has 32 heavy (non-hydrogen) atoms. The molecule has 0 spiro atoms. The highest BCUT2D eigenvalue weighted by Crippen LogP contribution is 2.40. The smallest absolute Gasteiger partial charge is 0.335 e. The first-order valence-electron chi connectivity index (χ1n) is 9.92. The molecule has 1 aliphatic rings. The predicted molar refractivity (Wildman–Crippen MR) is 113 cm³/mol. The zero-order valence-electron chi connectivity index (χ0n) is 17.0. The second-order valence-corrected chi connectivity index (χ2v) is 7.99. The van der Waals surface area contributed by atoms with Crippen LogP contribution in [0.25, 0.3) is 11.1 Å². The third-order valence-corrected chi connectivity index (χ3v) is 6.17. The van der Waals surface area contributed by atoms with Crippen LogP contribution in [0.15, 0.2) is 42.6 Å². The maximum atomic E-state index is 13.4. The zero-order valence-corrected chi connectivity index (χ0v) is 17.8. The monoisotopic (exact) mass is 458 g/mol. The number of fused-ring (bicyclic) bond motifs is 1. The highest BCUT2D eigenvalue weighted by atomic mass is 35.5. The lowest BCUT2D eigenvalue weighted by Crippen LogP contribution is -2.40. The summed E-state index contributed by atoms with van der Waals surface area (Å²) >= 11 is 6.22. The molecule has 0 radical (unpaired) electrons. The molecule has 2 aromatic carbocycles. The number of carbonyl (C=O) groups is 1. The molecule has 1 aromatic heterocycles. The number of rotatable bonds is 3. The van der Waals surface area contributed by atoms with Gasteiger partial charge in [-0.15, -0.1) is 0 Å². The molecule has 3 aromatic rings. The number of benzene rings is 2. The molecule has 0 aliphatic carbocycles. The van der Waals surface area contributed by atoms with Crippen LogP contribution in [0.2, 0.25) is 5.02 Å². The number of carbonyl (C=O) groups excluding carboxylic acids is 1. The molecule has 0 unspecified atom stereocenters. The summed E-state index contributed by atoms with van der Waals surface area (Å²) in [7, 11) is 0. The Labute approximate surface area is 187 Å². The fourth-order valence-corrected chi connectivity index (χ4v) is 4.51. The van der Waals surface area contributed by atoms with Crippen LogP contribution in [0, 0.1) is 11.3 Å². The highest BCUT2D eigenvalue weighted by molar-refractivity contribution is 6.31. The molecule has 5 nitrogen and oxygen atoms in total. The van der Waals surface area contributed by atoms with Crippen LogP contribution < -0.4 is 0 Å². The van der Waals surface area contributed by atoms with Gasteiger partial charge in [0.05, 0.1) is 24.1 Å². The van der Waals surface area contributed by atoms with Gasteiger partial charge < -0.3 is 4.90 Å². The van der Waals surface area contributed by atoms with Gasteiger partial charge in [0, 0.05) is 23.3 Å². The van der Waals surface area contributed by atoms with Crippen molar-refractivity contribution in [3.8, 4) is 17.2 Å². The number of halogens is 4. The van der Waals surface area contributed by atoms with Crippen molar-refractivity contribution >= 4 is 17.5 Å². The van der Waals surface area contributed by atoms with Crippen molar-refractivity contribution in [2.24, 2.45) is 0 Å². The number of H-pyrrole nitrogens is 1. The van der Waals surface area contributed by atoms with E-state index in [-0.39, 0.29) is 23.9 Å². The molecule has 1 atom stereocenters. The van der Waals surface area contributed by atoms with Crippen molar-refractivity contribution in [1.82, 2.24) is 15.1 Å². The first-order chi connectivity index (χ1) is 15.2. The van der Waals surface area contributed by atoms with Crippen LogP contribution >= 0.6 is 11.6 Å². The van der Waals surface area contributed by atoms with Gasteiger partial charge in [0.15, 0.2) is 5.69 Å². The molecule has 164 valence electrons. The molecule has 0 saturated heterocycles. The Morgan fingerprint density at radius 2 is 2.03 bits per heavy atom. The summed E-state index contributed by atoms with van der Waals surface area (Å²) in [6.45, 7) is 2.19. The van der Waals surface area contributed by atoms with E-state index in [1.165, 1.54) is 6.20 Å². The van der Waals surface area contributed by atoms with Crippen molar-refractivity contribution in [2.45, 2.75) is 32.0 Å². The zero-order chi connectivity index (χ0) is 23.0. The number of nitrogens with zero attached hydrogens (tertiary/aromatic N) is 3. The van der Waals surface area contributed by atoms with Gasteiger partial charge in [0.25, 0.3) is 0 Å². The van der Waals surface area contributed by atoms with E-state index in [9.17, 15) is 23.2 Å². The Hall–Kier alpha value is -3.31. The number of amides is 1. The number of alkyl halides is 3. The minimum absolute atomic E-state index is 0.00365. The second-order valence-electron chi connectivity index (χ2n) is 7.59. The average Bonchev–Trinajstić information content (AvgIpc) is 3.25. The molecule has 1 amide bonds. The molecule has 9 heteroatoms. The van der Waals surface area contributed by atoms with E-state index >= 15 is 0 Å². The van der Waals surface area contributed by atoms with E-state index in [0.717, 1.165) is 11.1 Å². The Morgan fingerprint density at radius 1 is 1.28 bits per heavy atom. The maximum absolute atomic E-state index is 13.4. The molecule has 1 N–H and O–H groups in total. The standard InChI is InChI=1S/C23H18ClF3N4O/c1-13-15-5-3-6-16(19-12-29-30-22(19)23(25,26)27)17(15)8-9-31(13)21(32)10-18-14(11-28)4-2-7-20(18)24/h2-7,12-13H,8-10H2,1H3,(H,29,30)/t13-/m0/s1. The summed E-state index contributed by atoms with van der Waals surface area (Å²) in [6.07, 6.45) is -2.95. The molecule has 2 heterocycles. The molecule has 0 saturated carbocycles. The van der Waals surface area contributed by atoms with E-state index in [0.29, 0.717) is 34.7 Å². The normalized spacial score (nSPS) is 15.9. The van der Waals surface area contributed by atoms with Gasteiger partial charge >= 0.3 is 6.18 Å². The van der Waals surface area contributed by atoms with Gasteiger partial charge in [-0.3, -0.25) is 9.89 Å².